The summed E-state index contributed by atoms with van der Waals surface area (Å²) < 4.78 is 0. The van der Waals surface area contributed by atoms with Crippen molar-refractivity contribution in [3.8, 4) is 0 Å². The molecule has 2 rings (SSSR count). The highest BCUT2D eigenvalue weighted by Crippen LogP contribution is 2.31. The number of nitrogens with zero attached hydrogens (tertiary/aromatic N) is 2. The van der Waals surface area contributed by atoms with Gasteiger partial charge in [0.25, 0.3) is 0 Å². The molecule has 3 nitrogen and oxygen atoms in total. The molecule has 1 aromatic carbocycles. The predicted octanol–water partition coefficient (Wildman–Crippen LogP) is 3.33. The van der Waals surface area contributed by atoms with E-state index < -0.39 is 0 Å². The summed E-state index contributed by atoms with van der Waals surface area (Å²) in [5.41, 5.74) is 4.53. The molecule has 2 aromatic rings. The number of aryl methyl sites for hydroxylation is 3. The summed E-state index contributed by atoms with van der Waals surface area (Å²) >= 11 is 1.54. The van der Waals surface area contributed by atoms with Crippen LogP contribution in [0.3, 0.4) is 0 Å². The van der Waals surface area contributed by atoms with Crippen LogP contribution < -0.4 is 4.90 Å². The molecule has 0 bridgehead atoms. The van der Waals surface area contributed by atoms with E-state index in [1.165, 1.54) is 22.5 Å². The SMILES string of the molecule is Cc1cc(C)cc(N(C)c2nc(C)c(CO)s2)c1. The van der Waals surface area contributed by atoms with Gasteiger partial charge in [-0.2, -0.15) is 0 Å². The zero-order valence-electron chi connectivity index (χ0n) is 11.2. The number of aromatic nitrogens is 1. The molecule has 0 atom stereocenters. The van der Waals surface area contributed by atoms with E-state index in [0.717, 1.165) is 21.4 Å². The zero-order chi connectivity index (χ0) is 13.3. The van der Waals surface area contributed by atoms with Gasteiger partial charge in [0.15, 0.2) is 5.13 Å². The van der Waals surface area contributed by atoms with E-state index in [4.69, 9.17) is 0 Å². The molecule has 0 unspecified atom stereocenters. The molecule has 0 radical (unpaired) electrons. The molecule has 1 heterocycles. The van der Waals surface area contributed by atoms with E-state index in [1.54, 1.807) is 0 Å². The van der Waals surface area contributed by atoms with Gasteiger partial charge in [0.05, 0.1) is 17.2 Å². The summed E-state index contributed by atoms with van der Waals surface area (Å²) in [4.78, 5) is 7.50. The second-order valence-corrected chi connectivity index (χ2v) is 5.63. The number of thiazole rings is 1. The molecule has 0 aliphatic heterocycles. The lowest BCUT2D eigenvalue weighted by atomic mass is 10.1. The van der Waals surface area contributed by atoms with Crippen LogP contribution in [0, 0.1) is 20.8 Å². The van der Waals surface area contributed by atoms with E-state index in [0.29, 0.717) is 0 Å². The van der Waals surface area contributed by atoms with Crippen LogP contribution in [0.2, 0.25) is 0 Å². The molecule has 0 aliphatic rings. The highest BCUT2D eigenvalue weighted by molar-refractivity contribution is 7.15. The average molecular weight is 262 g/mol. The molecule has 4 heteroatoms. The lowest BCUT2D eigenvalue weighted by Gasteiger charge is -2.17. The second kappa shape index (κ2) is 5.08. The van der Waals surface area contributed by atoms with Gasteiger partial charge in [-0.15, -0.1) is 0 Å². The molecule has 0 aliphatic carbocycles. The quantitative estimate of drug-likeness (QED) is 0.921. The van der Waals surface area contributed by atoms with Crippen molar-refractivity contribution in [3.05, 3.63) is 39.9 Å². The van der Waals surface area contributed by atoms with Crippen molar-refractivity contribution in [2.24, 2.45) is 0 Å². The first-order chi connectivity index (χ1) is 8.51. The zero-order valence-corrected chi connectivity index (χ0v) is 12.0. The van der Waals surface area contributed by atoms with Gasteiger partial charge in [0.1, 0.15) is 0 Å². The Morgan fingerprint density at radius 3 is 2.28 bits per heavy atom. The lowest BCUT2D eigenvalue weighted by Crippen LogP contribution is -2.09. The van der Waals surface area contributed by atoms with Crippen molar-refractivity contribution in [2.45, 2.75) is 27.4 Å². The van der Waals surface area contributed by atoms with Crippen molar-refractivity contribution in [3.63, 3.8) is 0 Å². The first-order valence-corrected chi connectivity index (χ1v) is 6.72. The first kappa shape index (κ1) is 13.1. The van der Waals surface area contributed by atoms with E-state index in [9.17, 15) is 5.11 Å². The number of hydrogen-bond acceptors (Lipinski definition) is 4. The van der Waals surface area contributed by atoms with Crippen LogP contribution in [0.4, 0.5) is 10.8 Å². The van der Waals surface area contributed by atoms with Gasteiger partial charge in [-0.05, 0) is 44.0 Å². The highest BCUT2D eigenvalue weighted by Gasteiger charge is 2.12. The maximum Gasteiger partial charge on any atom is 0.190 e. The van der Waals surface area contributed by atoms with Gasteiger partial charge < -0.3 is 10.0 Å². The maximum absolute atomic E-state index is 9.22. The Kier molecular flexibility index (Phi) is 3.68. The monoisotopic (exact) mass is 262 g/mol. The average Bonchev–Trinajstić information content (AvgIpc) is 2.68. The van der Waals surface area contributed by atoms with E-state index >= 15 is 0 Å². The molecule has 0 spiro atoms. The molecule has 0 fully saturated rings. The first-order valence-electron chi connectivity index (χ1n) is 5.90. The predicted molar refractivity (Wildman–Crippen MR) is 76.8 cm³/mol. The van der Waals surface area contributed by atoms with Gasteiger partial charge in [-0.25, -0.2) is 4.98 Å². The molecule has 0 saturated heterocycles. The minimum atomic E-state index is 0.0597. The third kappa shape index (κ3) is 2.54. The summed E-state index contributed by atoms with van der Waals surface area (Å²) in [7, 11) is 2.01. The Morgan fingerprint density at radius 1 is 1.17 bits per heavy atom. The number of rotatable bonds is 3. The van der Waals surface area contributed by atoms with Gasteiger partial charge in [-0.3, -0.25) is 0 Å². The molecular weight excluding hydrogens is 244 g/mol. The minimum Gasteiger partial charge on any atom is -0.391 e. The van der Waals surface area contributed by atoms with Crippen LogP contribution in [0.15, 0.2) is 18.2 Å². The smallest absolute Gasteiger partial charge is 0.190 e. The number of hydrogen-bond donors (Lipinski definition) is 1. The Balaban J connectivity index is 2.37. The maximum atomic E-state index is 9.22. The molecule has 1 N–H and O–H groups in total. The number of aliphatic hydroxyl groups excluding tert-OH is 1. The molecule has 0 amide bonds. The summed E-state index contributed by atoms with van der Waals surface area (Å²) in [5, 5.41) is 10.1. The fourth-order valence-corrected chi connectivity index (χ4v) is 2.86. The Morgan fingerprint density at radius 2 is 1.78 bits per heavy atom. The van der Waals surface area contributed by atoms with Crippen molar-refractivity contribution in [2.75, 3.05) is 11.9 Å². The summed E-state index contributed by atoms with van der Waals surface area (Å²) in [6.45, 7) is 6.18. The van der Waals surface area contributed by atoms with Crippen molar-refractivity contribution >= 4 is 22.2 Å². The van der Waals surface area contributed by atoms with E-state index in [2.05, 4.69) is 41.9 Å². The van der Waals surface area contributed by atoms with Gasteiger partial charge in [-0.1, -0.05) is 17.4 Å². The van der Waals surface area contributed by atoms with Crippen LogP contribution in [0.5, 0.6) is 0 Å². The van der Waals surface area contributed by atoms with Crippen molar-refractivity contribution in [1.29, 1.82) is 0 Å². The topological polar surface area (TPSA) is 36.4 Å². The number of anilines is 2. The molecule has 96 valence electrons. The van der Waals surface area contributed by atoms with Gasteiger partial charge >= 0.3 is 0 Å². The number of aliphatic hydroxyl groups is 1. The largest absolute Gasteiger partial charge is 0.391 e. The van der Waals surface area contributed by atoms with Crippen molar-refractivity contribution in [1.82, 2.24) is 4.98 Å². The van der Waals surface area contributed by atoms with Crippen molar-refractivity contribution < 1.29 is 5.11 Å². The fraction of sp³-hybridized carbons (Fsp3) is 0.357. The standard InChI is InChI=1S/C14H18N2OS/c1-9-5-10(2)7-12(6-9)16(4)14-15-11(3)13(8-17)18-14/h5-7,17H,8H2,1-4H3. The van der Waals surface area contributed by atoms with Crippen LogP contribution in [0.25, 0.3) is 0 Å². The third-order valence-electron chi connectivity index (χ3n) is 2.91. The molecule has 18 heavy (non-hydrogen) atoms. The Labute approximate surface area is 112 Å². The fourth-order valence-electron chi connectivity index (χ4n) is 1.96. The van der Waals surface area contributed by atoms with Gasteiger partial charge in [0, 0.05) is 12.7 Å². The lowest BCUT2D eigenvalue weighted by molar-refractivity contribution is 0.284. The molecule has 0 saturated carbocycles. The van der Waals surface area contributed by atoms with Crippen LogP contribution >= 0.6 is 11.3 Å². The molecule has 1 aromatic heterocycles. The van der Waals surface area contributed by atoms with Crippen LogP contribution in [0.1, 0.15) is 21.7 Å². The normalized spacial score (nSPS) is 10.7. The summed E-state index contributed by atoms with van der Waals surface area (Å²) in [6, 6.07) is 6.44. The number of benzene rings is 1. The third-order valence-corrected chi connectivity index (χ3v) is 4.12. The summed E-state index contributed by atoms with van der Waals surface area (Å²) in [5.74, 6) is 0. The van der Waals surface area contributed by atoms with E-state index in [-0.39, 0.29) is 6.61 Å². The van der Waals surface area contributed by atoms with E-state index in [1.807, 2.05) is 14.0 Å². The Hall–Kier alpha value is -1.39. The molecular formula is C14H18N2OS. The Bertz CT molecular complexity index is 543. The minimum absolute atomic E-state index is 0.0597. The second-order valence-electron chi connectivity index (χ2n) is 4.57. The summed E-state index contributed by atoms with van der Waals surface area (Å²) in [6.07, 6.45) is 0. The highest BCUT2D eigenvalue weighted by atomic mass is 32.1. The van der Waals surface area contributed by atoms with Crippen LogP contribution in [-0.2, 0) is 6.61 Å². The van der Waals surface area contributed by atoms with Gasteiger partial charge in [0.2, 0.25) is 0 Å². The van der Waals surface area contributed by atoms with Crippen LogP contribution in [-0.4, -0.2) is 17.1 Å².